The van der Waals surface area contributed by atoms with Crippen molar-refractivity contribution in [1.82, 2.24) is 15.1 Å². The number of rotatable bonds is 7. The Bertz CT molecular complexity index is 580. The van der Waals surface area contributed by atoms with Crippen molar-refractivity contribution in [2.24, 2.45) is 18.9 Å². The molecule has 1 saturated heterocycles. The SMILES string of the molecule is CCC(CC)CC(=O)NC[C@@H]1CCN(c2cnn(C)c(=O)c2)C1. The van der Waals surface area contributed by atoms with Crippen LogP contribution in [-0.2, 0) is 11.8 Å². The maximum atomic E-state index is 12.0. The number of carbonyl (C=O) groups excluding carboxylic acids is 1. The lowest BCUT2D eigenvalue weighted by atomic mass is 9.99. The van der Waals surface area contributed by atoms with E-state index in [0.717, 1.165) is 38.0 Å². The predicted molar refractivity (Wildman–Crippen MR) is 91.5 cm³/mol. The van der Waals surface area contributed by atoms with Gasteiger partial charge in [0, 0.05) is 39.2 Å². The van der Waals surface area contributed by atoms with Crippen molar-refractivity contribution in [2.75, 3.05) is 24.5 Å². The van der Waals surface area contributed by atoms with Crippen molar-refractivity contribution in [1.29, 1.82) is 0 Å². The van der Waals surface area contributed by atoms with E-state index >= 15 is 0 Å². The summed E-state index contributed by atoms with van der Waals surface area (Å²) in [5.41, 5.74) is 0.781. The van der Waals surface area contributed by atoms with Crippen LogP contribution in [-0.4, -0.2) is 35.3 Å². The highest BCUT2D eigenvalue weighted by Crippen LogP contribution is 2.21. The molecule has 1 aliphatic rings. The van der Waals surface area contributed by atoms with Gasteiger partial charge >= 0.3 is 0 Å². The molecule has 1 aliphatic heterocycles. The molecular formula is C17H28N4O2. The topological polar surface area (TPSA) is 67.2 Å². The monoisotopic (exact) mass is 320 g/mol. The number of hydrogen-bond donors (Lipinski definition) is 1. The zero-order valence-electron chi connectivity index (χ0n) is 14.4. The highest BCUT2D eigenvalue weighted by atomic mass is 16.1. The highest BCUT2D eigenvalue weighted by molar-refractivity contribution is 5.76. The molecule has 128 valence electrons. The zero-order valence-corrected chi connectivity index (χ0v) is 14.4. The van der Waals surface area contributed by atoms with Gasteiger partial charge in [-0.25, -0.2) is 4.68 Å². The normalized spacial score (nSPS) is 17.7. The number of aryl methyl sites for hydroxylation is 1. The molecule has 0 radical (unpaired) electrons. The van der Waals surface area contributed by atoms with E-state index in [0.29, 0.717) is 24.8 Å². The Morgan fingerprint density at radius 3 is 2.83 bits per heavy atom. The Hall–Kier alpha value is -1.85. The fourth-order valence-corrected chi connectivity index (χ4v) is 3.04. The predicted octanol–water partition coefficient (Wildman–Crippen LogP) is 1.55. The summed E-state index contributed by atoms with van der Waals surface area (Å²) < 4.78 is 1.33. The third-order valence-corrected chi connectivity index (χ3v) is 4.82. The Morgan fingerprint density at radius 2 is 2.17 bits per heavy atom. The summed E-state index contributed by atoms with van der Waals surface area (Å²) in [5.74, 6) is 1.08. The first-order chi connectivity index (χ1) is 11.0. The molecule has 1 atom stereocenters. The third-order valence-electron chi connectivity index (χ3n) is 4.82. The molecule has 1 N–H and O–H groups in total. The van der Waals surface area contributed by atoms with Gasteiger partial charge in [0.2, 0.25) is 5.91 Å². The molecule has 6 heteroatoms. The van der Waals surface area contributed by atoms with Gasteiger partial charge in [-0.05, 0) is 18.3 Å². The van der Waals surface area contributed by atoms with Crippen molar-refractivity contribution >= 4 is 11.6 Å². The van der Waals surface area contributed by atoms with E-state index in [1.165, 1.54) is 4.68 Å². The largest absolute Gasteiger partial charge is 0.370 e. The Morgan fingerprint density at radius 1 is 1.43 bits per heavy atom. The van der Waals surface area contributed by atoms with Gasteiger partial charge in [-0.1, -0.05) is 26.7 Å². The molecule has 1 amide bonds. The number of nitrogens with zero attached hydrogens (tertiary/aromatic N) is 3. The Labute approximate surface area is 137 Å². The van der Waals surface area contributed by atoms with Crippen LogP contribution in [0.1, 0.15) is 39.5 Å². The zero-order chi connectivity index (χ0) is 16.8. The van der Waals surface area contributed by atoms with E-state index in [9.17, 15) is 9.59 Å². The van der Waals surface area contributed by atoms with Crippen LogP contribution >= 0.6 is 0 Å². The quantitative estimate of drug-likeness (QED) is 0.828. The lowest BCUT2D eigenvalue weighted by Crippen LogP contribution is -2.32. The summed E-state index contributed by atoms with van der Waals surface area (Å²) in [6.07, 6.45) is 5.49. The van der Waals surface area contributed by atoms with Gasteiger partial charge in [0.1, 0.15) is 0 Å². The molecule has 0 bridgehead atoms. The standard InChI is InChI=1S/C17H28N4O2/c1-4-13(5-2)8-16(22)18-10-14-6-7-21(12-14)15-9-17(23)20(3)19-11-15/h9,11,13-14H,4-8,10,12H2,1-3H3,(H,18,22)/t14-/m0/s1. The lowest BCUT2D eigenvalue weighted by Gasteiger charge is -2.18. The first-order valence-corrected chi connectivity index (χ1v) is 8.58. The van der Waals surface area contributed by atoms with Crippen molar-refractivity contribution in [3.8, 4) is 0 Å². The maximum absolute atomic E-state index is 12.0. The maximum Gasteiger partial charge on any atom is 0.268 e. The van der Waals surface area contributed by atoms with Gasteiger partial charge < -0.3 is 10.2 Å². The summed E-state index contributed by atoms with van der Waals surface area (Å²) >= 11 is 0. The highest BCUT2D eigenvalue weighted by Gasteiger charge is 2.24. The first kappa shape index (κ1) is 17.5. The van der Waals surface area contributed by atoms with E-state index in [1.807, 2.05) is 0 Å². The van der Waals surface area contributed by atoms with Crippen LogP contribution < -0.4 is 15.8 Å². The third kappa shape index (κ3) is 4.81. The number of nitrogens with one attached hydrogen (secondary N) is 1. The van der Waals surface area contributed by atoms with Gasteiger partial charge in [0.15, 0.2) is 0 Å². The molecule has 0 aromatic carbocycles. The van der Waals surface area contributed by atoms with Gasteiger partial charge in [-0.3, -0.25) is 9.59 Å². The molecule has 0 unspecified atom stereocenters. The number of anilines is 1. The van der Waals surface area contributed by atoms with Gasteiger partial charge in [0.05, 0.1) is 11.9 Å². The smallest absolute Gasteiger partial charge is 0.268 e. The van der Waals surface area contributed by atoms with Crippen molar-refractivity contribution in [2.45, 2.75) is 39.5 Å². The van der Waals surface area contributed by atoms with E-state index in [2.05, 4.69) is 29.2 Å². The molecule has 2 heterocycles. The van der Waals surface area contributed by atoms with Gasteiger partial charge in [-0.15, -0.1) is 0 Å². The molecule has 0 spiro atoms. The van der Waals surface area contributed by atoms with E-state index in [1.54, 1.807) is 19.3 Å². The van der Waals surface area contributed by atoms with Crippen LogP contribution in [0.4, 0.5) is 5.69 Å². The molecule has 23 heavy (non-hydrogen) atoms. The van der Waals surface area contributed by atoms with E-state index in [4.69, 9.17) is 0 Å². The van der Waals surface area contributed by atoms with Gasteiger partial charge in [0.25, 0.3) is 5.56 Å². The average molecular weight is 320 g/mol. The molecule has 1 aromatic heterocycles. The number of carbonyl (C=O) groups is 1. The van der Waals surface area contributed by atoms with E-state index in [-0.39, 0.29) is 11.5 Å². The lowest BCUT2D eigenvalue weighted by molar-refractivity contribution is -0.122. The number of hydrogen-bond acceptors (Lipinski definition) is 4. The van der Waals surface area contributed by atoms with Crippen LogP contribution in [0.5, 0.6) is 0 Å². The second kappa shape index (κ2) is 8.13. The molecule has 6 nitrogen and oxygen atoms in total. The fraction of sp³-hybridized carbons (Fsp3) is 0.706. The Balaban J connectivity index is 1.80. The molecular weight excluding hydrogens is 292 g/mol. The van der Waals surface area contributed by atoms with Crippen LogP contribution in [0.15, 0.2) is 17.1 Å². The van der Waals surface area contributed by atoms with Crippen molar-refractivity contribution < 1.29 is 4.79 Å². The minimum atomic E-state index is -0.0931. The molecule has 2 rings (SSSR count). The van der Waals surface area contributed by atoms with Crippen LogP contribution in [0.3, 0.4) is 0 Å². The van der Waals surface area contributed by atoms with Gasteiger partial charge in [-0.2, -0.15) is 5.10 Å². The summed E-state index contributed by atoms with van der Waals surface area (Å²) in [6.45, 7) is 6.75. The first-order valence-electron chi connectivity index (χ1n) is 8.58. The van der Waals surface area contributed by atoms with Crippen LogP contribution in [0.2, 0.25) is 0 Å². The second-order valence-corrected chi connectivity index (χ2v) is 6.47. The summed E-state index contributed by atoms with van der Waals surface area (Å²) in [4.78, 5) is 25.8. The second-order valence-electron chi connectivity index (χ2n) is 6.47. The summed E-state index contributed by atoms with van der Waals surface area (Å²) in [6, 6.07) is 1.63. The minimum Gasteiger partial charge on any atom is -0.370 e. The minimum absolute atomic E-state index is 0.0931. The molecule has 0 saturated carbocycles. The Kier molecular flexibility index (Phi) is 6.19. The number of amides is 1. The van der Waals surface area contributed by atoms with Crippen LogP contribution in [0.25, 0.3) is 0 Å². The van der Waals surface area contributed by atoms with Crippen molar-refractivity contribution in [3.63, 3.8) is 0 Å². The summed E-state index contributed by atoms with van der Waals surface area (Å²) in [7, 11) is 1.65. The van der Waals surface area contributed by atoms with Crippen molar-refractivity contribution in [3.05, 3.63) is 22.6 Å². The molecule has 0 aliphatic carbocycles. The average Bonchev–Trinajstić information content (AvgIpc) is 3.02. The molecule has 1 aromatic rings. The van der Waals surface area contributed by atoms with Crippen LogP contribution in [0, 0.1) is 11.8 Å². The van der Waals surface area contributed by atoms with E-state index < -0.39 is 0 Å². The fourth-order valence-electron chi connectivity index (χ4n) is 3.04. The number of aromatic nitrogens is 2. The summed E-state index contributed by atoms with van der Waals surface area (Å²) in [5, 5.41) is 7.14. The molecule has 1 fully saturated rings.